The molecule has 1 heterocycles. The number of nitriles is 1. The Morgan fingerprint density at radius 2 is 1.90 bits per heavy atom. The summed E-state index contributed by atoms with van der Waals surface area (Å²) in [6.07, 6.45) is 0. The average molecular weight is 268 g/mol. The molecule has 1 aliphatic heterocycles. The Hall–Kier alpha value is -2.38. The van der Waals surface area contributed by atoms with Crippen molar-refractivity contribution in [3.8, 4) is 6.07 Å². The number of para-hydroxylation sites is 1. The Labute approximate surface area is 116 Å². The first-order valence-electron chi connectivity index (χ1n) is 6.35. The van der Waals surface area contributed by atoms with Crippen molar-refractivity contribution >= 4 is 5.69 Å². The molecule has 0 bridgehead atoms. The Morgan fingerprint density at radius 3 is 2.70 bits per heavy atom. The van der Waals surface area contributed by atoms with Crippen molar-refractivity contribution in [2.24, 2.45) is 0 Å². The van der Waals surface area contributed by atoms with Crippen LogP contribution in [0.15, 0.2) is 48.5 Å². The molecule has 3 nitrogen and oxygen atoms in total. The summed E-state index contributed by atoms with van der Waals surface area (Å²) in [6, 6.07) is 16.2. The van der Waals surface area contributed by atoms with E-state index < -0.39 is 5.54 Å². The van der Waals surface area contributed by atoms with Gasteiger partial charge in [-0.05, 0) is 23.3 Å². The van der Waals surface area contributed by atoms with Gasteiger partial charge < -0.3 is 10.1 Å². The number of hydrogen-bond donors (Lipinski definition) is 1. The van der Waals surface area contributed by atoms with Gasteiger partial charge in [0.05, 0.1) is 25.0 Å². The molecule has 3 rings (SSSR count). The van der Waals surface area contributed by atoms with E-state index in [0.717, 1.165) is 11.1 Å². The van der Waals surface area contributed by atoms with Crippen molar-refractivity contribution < 1.29 is 9.13 Å². The minimum absolute atomic E-state index is 0.189. The molecule has 0 spiro atoms. The van der Waals surface area contributed by atoms with Gasteiger partial charge in [-0.15, -0.1) is 0 Å². The molecule has 0 saturated heterocycles. The van der Waals surface area contributed by atoms with Gasteiger partial charge in [-0.2, -0.15) is 5.26 Å². The number of nitrogens with one attached hydrogen (secondary N) is 1. The molecule has 1 N–H and O–H groups in total. The standard InChI is InChI=1S/C16H13FN2O/c17-14-7-3-4-8-15(14)19-16(10-18)11-20-9-12-5-1-2-6-13(12)16/h1-8,19H,9,11H2. The number of ether oxygens (including phenoxy) is 1. The van der Waals surface area contributed by atoms with Crippen LogP contribution in [0, 0.1) is 17.1 Å². The first-order chi connectivity index (χ1) is 9.75. The van der Waals surface area contributed by atoms with Crippen molar-refractivity contribution in [2.75, 3.05) is 11.9 Å². The van der Waals surface area contributed by atoms with Crippen molar-refractivity contribution in [3.63, 3.8) is 0 Å². The Bertz CT molecular complexity index is 680. The zero-order chi connectivity index (χ0) is 14.0. The summed E-state index contributed by atoms with van der Waals surface area (Å²) >= 11 is 0. The second kappa shape index (κ2) is 4.95. The van der Waals surface area contributed by atoms with Crippen molar-refractivity contribution in [1.82, 2.24) is 0 Å². The largest absolute Gasteiger partial charge is 0.373 e. The minimum Gasteiger partial charge on any atom is -0.373 e. The summed E-state index contributed by atoms with van der Waals surface area (Å²) in [5, 5.41) is 12.6. The van der Waals surface area contributed by atoms with Gasteiger partial charge in [0.2, 0.25) is 0 Å². The number of fused-ring (bicyclic) bond motifs is 1. The molecular formula is C16H13FN2O. The fourth-order valence-electron chi connectivity index (χ4n) is 2.47. The van der Waals surface area contributed by atoms with E-state index in [2.05, 4.69) is 11.4 Å². The van der Waals surface area contributed by atoms with E-state index in [1.807, 2.05) is 24.3 Å². The number of nitrogens with zero attached hydrogens (tertiary/aromatic N) is 1. The third kappa shape index (κ3) is 2.02. The molecule has 1 atom stereocenters. The highest BCUT2D eigenvalue weighted by Crippen LogP contribution is 2.33. The highest BCUT2D eigenvalue weighted by atomic mass is 19.1. The van der Waals surface area contributed by atoms with Crippen LogP contribution in [-0.2, 0) is 16.9 Å². The molecule has 20 heavy (non-hydrogen) atoms. The van der Waals surface area contributed by atoms with E-state index in [-0.39, 0.29) is 12.4 Å². The number of benzene rings is 2. The molecule has 0 aromatic heterocycles. The molecule has 1 unspecified atom stereocenters. The monoisotopic (exact) mass is 268 g/mol. The second-order valence-electron chi connectivity index (χ2n) is 4.77. The summed E-state index contributed by atoms with van der Waals surface area (Å²) in [7, 11) is 0. The molecule has 0 radical (unpaired) electrons. The smallest absolute Gasteiger partial charge is 0.175 e. The van der Waals surface area contributed by atoms with Gasteiger partial charge in [0.15, 0.2) is 5.54 Å². The zero-order valence-corrected chi connectivity index (χ0v) is 10.8. The molecule has 0 amide bonds. The molecule has 100 valence electrons. The minimum atomic E-state index is -1.06. The fourth-order valence-corrected chi connectivity index (χ4v) is 2.47. The lowest BCUT2D eigenvalue weighted by Crippen LogP contribution is -2.42. The maximum Gasteiger partial charge on any atom is 0.175 e. The Balaban J connectivity index is 2.06. The molecule has 0 aliphatic carbocycles. The molecule has 1 aliphatic rings. The molecular weight excluding hydrogens is 255 g/mol. The summed E-state index contributed by atoms with van der Waals surface area (Å²) in [5.74, 6) is -0.384. The summed E-state index contributed by atoms with van der Waals surface area (Å²) < 4.78 is 19.3. The van der Waals surface area contributed by atoms with Crippen LogP contribution in [0.25, 0.3) is 0 Å². The Morgan fingerprint density at radius 1 is 1.15 bits per heavy atom. The van der Waals surface area contributed by atoms with Gasteiger partial charge >= 0.3 is 0 Å². The molecule has 2 aromatic carbocycles. The fraction of sp³-hybridized carbons (Fsp3) is 0.188. The van der Waals surface area contributed by atoms with E-state index in [0.29, 0.717) is 12.3 Å². The third-order valence-electron chi connectivity index (χ3n) is 3.47. The molecule has 0 saturated carbocycles. The van der Waals surface area contributed by atoms with Crippen molar-refractivity contribution in [3.05, 3.63) is 65.5 Å². The van der Waals surface area contributed by atoms with Gasteiger partial charge in [0.1, 0.15) is 5.82 Å². The van der Waals surface area contributed by atoms with E-state index in [9.17, 15) is 9.65 Å². The first kappa shape index (κ1) is 12.6. The number of anilines is 1. The first-order valence-corrected chi connectivity index (χ1v) is 6.35. The van der Waals surface area contributed by atoms with E-state index in [1.54, 1.807) is 18.2 Å². The van der Waals surface area contributed by atoms with Gasteiger partial charge in [0.25, 0.3) is 0 Å². The van der Waals surface area contributed by atoms with E-state index in [1.165, 1.54) is 6.07 Å². The summed E-state index contributed by atoms with van der Waals surface area (Å²) in [4.78, 5) is 0. The van der Waals surface area contributed by atoms with Crippen LogP contribution in [0.3, 0.4) is 0 Å². The topological polar surface area (TPSA) is 45.0 Å². The average Bonchev–Trinajstić information content (AvgIpc) is 2.50. The zero-order valence-electron chi connectivity index (χ0n) is 10.8. The van der Waals surface area contributed by atoms with E-state index >= 15 is 0 Å². The molecule has 0 fully saturated rings. The lowest BCUT2D eigenvalue weighted by atomic mass is 9.86. The number of hydrogen-bond acceptors (Lipinski definition) is 3. The predicted molar refractivity (Wildman–Crippen MR) is 73.4 cm³/mol. The maximum absolute atomic E-state index is 13.8. The quantitative estimate of drug-likeness (QED) is 0.909. The summed E-state index contributed by atoms with van der Waals surface area (Å²) in [5.41, 5.74) is 1.03. The SMILES string of the molecule is N#CC1(Nc2ccccc2F)COCc2ccccc21. The lowest BCUT2D eigenvalue weighted by molar-refractivity contribution is 0.0785. The summed E-state index contributed by atoms with van der Waals surface area (Å²) in [6.45, 7) is 0.660. The normalized spacial score (nSPS) is 20.8. The van der Waals surface area contributed by atoms with Crippen LogP contribution in [0.1, 0.15) is 11.1 Å². The molecule has 2 aromatic rings. The third-order valence-corrected chi connectivity index (χ3v) is 3.47. The van der Waals surface area contributed by atoms with Gasteiger partial charge in [-0.1, -0.05) is 36.4 Å². The van der Waals surface area contributed by atoms with Crippen LogP contribution in [-0.4, -0.2) is 6.61 Å². The van der Waals surface area contributed by atoms with Crippen LogP contribution < -0.4 is 5.32 Å². The highest BCUT2D eigenvalue weighted by molar-refractivity contribution is 5.54. The van der Waals surface area contributed by atoms with Crippen LogP contribution in [0.2, 0.25) is 0 Å². The van der Waals surface area contributed by atoms with Crippen LogP contribution >= 0.6 is 0 Å². The van der Waals surface area contributed by atoms with Gasteiger partial charge in [0, 0.05) is 0 Å². The van der Waals surface area contributed by atoms with Crippen LogP contribution in [0.5, 0.6) is 0 Å². The van der Waals surface area contributed by atoms with Crippen LogP contribution in [0.4, 0.5) is 10.1 Å². The number of halogens is 1. The van der Waals surface area contributed by atoms with Crippen molar-refractivity contribution in [2.45, 2.75) is 12.1 Å². The Kier molecular flexibility index (Phi) is 3.13. The maximum atomic E-state index is 13.8. The number of rotatable bonds is 2. The molecule has 4 heteroatoms. The van der Waals surface area contributed by atoms with Crippen molar-refractivity contribution in [1.29, 1.82) is 5.26 Å². The highest BCUT2D eigenvalue weighted by Gasteiger charge is 2.38. The lowest BCUT2D eigenvalue weighted by Gasteiger charge is -2.34. The second-order valence-corrected chi connectivity index (χ2v) is 4.77. The van der Waals surface area contributed by atoms with Gasteiger partial charge in [-0.25, -0.2) is 4.39 Å². The predicted octanol–water partition coefficient (Wildman–Crippen LogP) is 3.19. The van der Waals surface area contributed by atoms with Gasteiger partial charge in [-0.3, -0.25) is 0 Å². The van der Waals surface area contributed by atoms with E-state index in [4.69, 9.17) is 4.74 Å².